The largest absolute Gasteiger partial charge is 0.507 e. The van der Waals surface area contributed by atoms with Crippen molar-refractivity contribution in [1.82, 2.24) is 0 Å². The number of phenols is 1. The monoisotopic (exact) mass is 345 g/mol. The van der Waals surface area contributed by atoms with Gasteiger partial charge in [-0.3, -0.25) is 0 Å². The van der Waals surface area contributed by atoms with E-state index >= 15 is 0 Å². The van der Waals surface area contributed by atoms with Crippen LogP contribution in [0.5, 0.6) is 5.75 Å². The molecule has 0 amide bonds. The molecule has 0 heterocycles. The summed E-state index contributed by atoms with van der Waals surface area (Å²) in [7, 11) is 0. The minimum absolute atomic E-state index is 0. The molecule has 0 unspecified atom stereocenters. The fraction of sp³-hybridized carbons (Fsp3) is 0. The summed E-state index contributed by atoms with van der Waals surface area (Å²) in [5.41, 5.74) is 0.505. The molecule has 2 N–H and O–H groups in total. The van der Waals surface area contributed by atoms with E-state index in [1.54, 1.807) is 18.2 Å². The van der Waals surface area contributed by atoms with Crippen LogP contribution < -0.4 is 0 Å². The van der Waals surface area contributed by atoms with Crippen LogP contribution in [0, 0.1) is 0 Å². The van der Waals surface area contributed by atoms with E-state index in [0.717, 1.165) is 0 Å². The maximum atomic E-state index is 9.04. The van der Waals surface area contributed by atoms with Crippen LogP contribution in [0.15, 0.2) is 29.4 Å². The molecule has 0 aromatic heterocycles. The Kier molecular flexibility index (Phi) is 4.84. The van der Waals surface area contributed by atoms with E-state index in [0.29, 0.717) is 5.56 Å². The van der Waals surface area contributed by atoms with Crippen molar-refractivity contribution in [2.45, 2.75) is 0 Å². The average molecular weight is 344 g/mol. The molecular formula is C7H7NO2Pb. The SMILES string of the molecule is ON=Cc1ccccc1O.[Pb]. The van der Waals surface area contributed by atoms with E-state index in [1.165, 1.54) is 12.3 Å². The molecule has 56 valence electrons. The van der Waals surface area contributed by atoms with E-state index in [1.807, 2.05) is 0 Å². The Morgan fingerprint density at radius 1 is 1.27 bits per heavy atom. The van der Waals surface area contributed by atoms with Crippen LogP contribution in [-0.4, -0.2) is 43.8 Å². The summed E-state index contributed by atoms with van der Waals surface area (Å²) in [6, 6.07) is 6.62. The van der Waals surface area contributed by atoms with Crippen LogP contribution in [0.1, 0.15) is 5.56 Å². The van der Waals surface area contributed by atoms with E-state index in [4.69, 9.17) is 10.3 Å². The molecular weight excluding hydrogens is 337 g/mol. The molecule has 0 saturated carbocycles. The number of rotatable bonds is 1. The molecule has 3 nitrogen and oxygen atoms in total. The predicted octanol–water partition coefficient (Wildman–Crippen LogP) is 0.819. The molecule has 0 fully saturated rings. The minimum atomic E-state index is 0. The molecule has 0 aliphatic heterocycles. The first-order chi connectivity index (χ1) is 4.84. The molecule has 0 saturated heterocycles. The zero-order valence-electron chi connectivity index (χ0n) is 5.73. The molecule has 0 atom stereocenters. The Hall–Kier alpha value is -0.588. The standard InChI is InChI=1S/C7H7NO2.Pb/c9-7-4-2-1-3-6(7)5-8-10;/h1-5,9-10H;. The number of oxime groups is 1. The Bertz CT molecular complexity index is 250. The zero-order chi connectivity index (χ0) is 7.40. The summed E-state index contributed by atoms with van der Waals surface area (Å²) >= 11 is 0. The van der Waals surface area contributed by atoms with Crippen molar-refractivity contribution in [3.63, 3.8) is 0 Å². The van der Waals surface area contributed by atoms with Crippen LogP contribution in [0.2, 0.25) is 0 Å². The molecule has 0 aliphatic rings. The van der Waals surface area contributed by atoms with Gasteiger partial charge in [-0.1, -0.05) is 17.3 Å². The van der Waals surface area contributed by atoms with E-state index in [2.05, 4.69) is 5.16 Å². The van der Waals surface area contributed by atoms with Crippen molar-refractivity contribution in [2.75, 3.05) is 0 Å². The number of hydrogen-bond acceptors (Lipinski definition) is 3. The van der Waals surface area contributed by atoms with Crippen molar-refractivity contribution in [3.8, 4) is 5.75 Å². The second-order valence-electron chi connectivity index (χ2n) is 1.80. The van der Waals surface area contributed by atoms with Crippen molar-refractivity contribution in [3.05, 3.63) is 29.8 Å². The maximum absolute atomic E-state index is 9.04. The van der Waals surface area contributed by atoms with E-state index in [-0.39, 0.29) is 33.0 Å². The second-order valence-corrected chi connectivity index (χ2v) is 1.80. The van der Waals surface area contributed by atoms with Gasteiger partial charge in [-0.25, -0.2) is 0 Å². The summed E-state index contributed by atoms with van der Waals surface area (Å²) in [6.45, 7) is 0. The first-order valence-corrected chi connectivity index (χ1v) is 2.80. The van der Waals surface area contributed by atoms with Crippen LogP contribution in [0.3, 0.4) is 0 Å². The van der Waals surface area contributed by atoms with Gasteiger partial charge in [0.1, 0.15) is 5.75 Å². The van der Waals surface area contributed by atoms with E-state index < -0.39 is 0 Å². The number of benzene rings is 1. The Labute approximate surface area is 84.5 Å². The molecule has 1 rings (SSSR count). The summed E-state index contributed by atoms with van der Waals surface area (Å²) in [5, 5.41) is 19.9. The molecule has 1 aromatic rings. The first kappa shape index (κ1) is 10.4. The Morgan fingerprint density at radius 3 is 2.45 bits per heavy atom. The van der Waals surface area contributed by atoms with E-state index in [9.17, 15) is 0 Å². The van der Waals surface area contributed by atoms with Crippen molar-refractivity contribution >= 4 is 33.5 Å². The quantitative estimate of drug-likeness (QED) is 0.343. The van der Waals surface area contributed by atoms with Crippen LogP contribution in [-0.2, 0) is 0 Å². The van der Waals surface area contributed by atoms with Gasteiger partial charge in [0.05, 0.1) is 6.21 Å². The van der Waals surface area contributed by atoms with Crippen LogP contribution in [0.4, 0.5) is 0 Å². The first-order valence-electron chi connectivity index (χ1n) is 2.80. The Balaban J connectivity index is 0.000001000. The van der Waals surface area contributed by atoms with Crippen molar-refractivity contribution in [1.29, 1.82) is 0 Å². The third-order valence-electron chi connectivity index (χ3n) is 1.13. The minimum Gasteiger partial charge on any atom is -0.507 e. The van der Waals surface area contributed by atoms with Crippen molar-refractivity contribution in [2.24, 2.45) is 5.16 Å². The molecule has 0 spiro atoms. The molecule has 4 heteroatoms. The number of phenolic OH excluding ortho intramolecular Hbond substituents is 1. The fourth-order valence-electron chi connectivity index (χ4n) is 0.659. The second kappa shape index (κ2) is 5.11. The average Bonchev–Trinajstić information content (AvgIpc) is 1.94. The van der Waals surface area contributed by atoms with Crippen molar-refractivity contribution < 1.29 is 10.3 Å². The summed E-state index contributed by atoms with van der Waals surface area (Å²) in [4.78, 5) is 0. The molecule has 11 heavy (non-hydrogen) atoms. The topological polar surface area (TPSA) is 52.8 Å². The summed E-state index contributed by atoms with van der Waals surface area (Å²) in [6.07, 6.45) is 1.18. The summed E-state index contributed by atoms with van der Waals surface area (Å²) in [5.74, 6) is 0.111. The number of para-hydroxylation sites is 1. The number of aromatic hydroxyl groups is 1. The maximum Gasteiger partial charge on any atom is 0.124 e. The molecule has 0 aliphatic carbocycles. The van der Waals surface area contributed by atoms with Gasteiger partial charge >= 0.3 is 0 Å². The summed E-state index contributed by atoms with van der Waals surface area (Å²) < 4.78 is 0. The van der Waals surface area contributed by atoms with Gasteiger partial charge in [-0.05, 0) is 12.1 Å². The van der Waals surface area contributed by atoms with Gasteiger partial charge in [-0.15, -0.1) is 0 Å². The normalized spacial score (nSPS) is 9.45. The predicted molar refractivity (Wildman–Crippen MR) is 43.2 cm³/mol. The van der Waals surface area contributed by atoms with Crippen LogP contribution in [0.25, 0.3) is 0 Å². The molecule has 4 radical (unpaired) electrons. The Morgan fingerprint density at radius 2 is 1.91 bits per heavy atom. The number of hydrogen-bond donors (Lipinski definition) is 2. The van der Waals surface area contributed by atoms with Gasteiger partial charge in [0.25, 0.3) is 0 Å². The smallest absolute Gasteiger partial charge is 0.124 e. The third kappa shape index (κ3) is 2.87. The number of nitrogens with zero attached hydrogens (tertiary/aromatic N) is 1. The zero-order valence-corrected chi connectivity index (χ0v) is 9.62. The van der Waals surface area contributed by atoms with Gasteiger partial charge in [0.2, 0.25) is 0 Å². The van der Waals surface area contributed by atoms with Gasteiger partial charge in [0.15, 0.2) is 0 Å². The fourth-order valence-corrected chi connectivity index (χ4v) is 0.659. The van der Waals surface area contributed by atoms with Gasteiger partial charge in [-0.2, -0.15) is 0 Å². The molecule has 0 bridgehead atoms. The van der Waals surface area contributed by atoms with Gasteiger partial charge < -0.3 is 10.3 Å². The van der Waals surface area contributed by atoms with Gasteiger partial charge in [0, 0.05) is 32.9 Å². The molecule has 1 aromatic carbocycles. The third-order valence-corrected chi connectivity index (χ3v) is 1.13. The van der Waals surface area contributed by atoms with Crippen LogP contribution >= 0.6 is 0 Å².